The fourth-order valence-corrected chi connectivity index (χ4v) is 1.71. The molecule has 0 fully saturated rings. The maximum absolute atomic E-state index is 12.2. The lowest BCUT2D eigenvalue weighted by molar-refractivity contribution is -0.145. The molecule has 20 heavy (non-hydrogen) atoms. The molecule has 1 amide bonds. The van der Waals surface area contributed by atoms with Crippen LogP contribution in [0, 0.1) is 5.92 Å². The van der Waals surface area contributed by atoms with Crippen molar-refractivity contribution in [2.24, 2.45) is 11.7 Å². The average molecular weight is 302 g/mol. The van der Waals surface area contributed by atoms with E-state index in [1.54, 1.807) is 32.3 Å². The largest absolute Gasteiger partial charge is 0.469 e. The normalized spacial score (nSPS) is 11.2. The lowest BCUT2D eigenvalue weighted by Crippen LogP contribution is -2.34. The maximum Gasteiger partial charge on any atom is 0.310 e. The molecule has 0 aliphatic rings. The standard InChI is InChI=1S/C13H19N3O3.ClH/c1-9(13(18)19-3)8-16(2)12(17)10-4-5-15-11(6-10)7-14;/h4-6,9H,7-8,14H2,1-3H3;1H. The summed E-state index contributed by atoms with van der Waals surface area (Å²) >= 11 is 0. The molecule has 1 aromatic heterocycles. The van der Waals surface area contributed by atoms with Crippen molar-refractivity contribution in [2.45, 2.75) is 13.5 Å². The molecule has 1 atom stereocenters. The van der Waals surface area contributed by atoms with Gasteiger partial charge in [-0.15, -0.1) is 12.4 Å². The second kappa shape index (κ2) is 8.50. The molecule has 112 valence electrons. The molecule has 0 aliphatic carbocycles. The summed E-state index contributed by atoms with van der Waals surface area (Å²) in [7, 11) is 2.97. The van der Waals surface area contributed by atoms with E-state index in [0.29, 0.717) is 17.8 Å². The molecule has 0 spiro atoms. The molecule has 1 rings (SSSR count). The number of nitrogens with zero attached hydrogens (tertiary/aromatic N) is 2. The van der Waals surface area contributed by atoms with Gasteiger partial charge in [0.05, 0.1) is 18.7 Å². The Hall–Kier alpha value is -1.66. The van der Waals surface area contributed by atoms with Crippen LogP contribution in [0.3, 0.4) is 0 Å². The SMILES string of the molecule is COC(=O)C(C)CN(C)C(=O)c1ccnc(CN)c1.Cl. The second-order valence-corrected chi connectivity index (χ2v) is 4.35. The van der Waals surface area contributed by atoms with Crippen molar-refractivity contribution >= 4 is 24.3 Å². The number of halogens is 1. The monoisotopic (exact) mass is 301 g/mol. The average Bonchev–Trinajstić information content (AvgIpc) is 2.45. The Balaban J connectivity index is 0.00000361. The van der Waals surface area contributed by atoms with Gasteiger partial charge < -0.3 is 15.4 Å². The van der Waals surface area contributed by atoms with Crippen LogP contribution in [-0.4, -0.2) is 42.5 Å². The highest BCUT2D eigenvalue weighted by Crippen LogP contribution is 2.08. The number of hydrogen-bond donors (Lipinski definition) is 1. The Morgan fingerprint density at radius 3 is 2.70 bits per heavy atom. The summed E-state index contributed by atoms with van der Waals surface area (Å²) in [6.45, 7) is 2.29. The fourth-order valence-electron chi connectivity index (χ4n) is 1.71. The first-order valence-electron chi connectivity index (χ1n) is 5.97. The zero-order chi connectivity index (χ0) is 14.4. The lowest BCUT2D eigenvalue weighted by atomic mass is 10.1. The van der Waals surface area contributed by atoms with Gasteiger partial charge in [-0.2, -0.15) is 0 Å². The van der Waals surface area contributed by atoms with E-state index in [9.17, 15) is 9.59 Å². The Morgan fingerprint density at radius 1 is 1.50 bits per heavy atom. The van der Waals surface area contributed by atoms with Crippen LogP contribution < -0.4 is 5.73 Å². The van der Waals surface area contributed by atoms with Crippen LogP contribution in [0.4, 0.5) is 0 Å². The molecule has 0 aromatic carbocycles. The van der Waals surface area contributed by atoms with Crippen molar-refractivity contribution in [3.8, 4) is 0 Å². The quantitative estimate of drug-likeness (QED) is 0.815. The third kappa shape index (κ3) is 4.79. The van der Waals surface area contributed by atoms with Gasteiger partial charge in [-0.05, 0) is 12.1 Å². The molecular formula is C13H20ClN3O3. The number of ether oxygens (including phenoxy) is 1. The predicted molar refractivity (Wildman–Crippen MR) is 77.5 cm³/mol. The summed E-state index contributed by atoms with van der Waals surface area (Å²) in [6.07, 6.45) is 1.55. The minimum Gasteiger partial charge on any atom is -0.469 e. The summed E-state index contributed by atoms with van der Waals surface area (Å²) in [5, 5.41) is 0. The molecular weight excluding hydrogens is 282 g/mol. The highest BCUT2D eigenvalue weighted by Gasteiger charge is 2.19. The van der Waals surface area contributed by atoms with Crippen molar-refractivity contribution in [1.82, 2.24) is 9.88 Å². The van der Waals surface area contributed by atoms with Gasteiger partial charge in [-0.3, -0.25) is 14.6 Å². The van der Waals surface area contributed by atoms with Crippen molar-refractivity contribution in [1.29, 1.82) is 0 Å². The number of carbonyl (C=O) groups excluding carboxylic acids is 2. The van der Waals surface area contributed by atoms with E-state index in [0.717, 1.165) is 0 Å². The van der Waals surface area contributed by atoms with Gasteiger partial charge in [0.25, 0.3) is 5.91 Å². The number of hydrogen-bond acceptors (Lipinski definition) is 5. The highest BCUT2D eigenvalue weighted by atomic mass is 35.5. The van der Waals surface area contributed by atoms with Crippen LogP contribution >= 0.6 is 12.4 Å². The third-order valence-corrected chi connectivity index (χ3v) is 2.77. The molecule has 0 aliphatic heterocycles. The lowest BCUT2D eigenvalue weighted by Gasteiger charge is -2.20. The number of esters is 1. The number of methoxy groups -OCH3 is 1. The van der Waals surface area contributed by atoms with Gasteiger partial charge in [0.2, 0.25) is 0 Å². The summed E-state index contributed by atoms with van der Waals surface area (Å²) in [5.41, 5.74) is 6.65. The minimum atomic E-state index is -0.366. The molecule has 0 bridgehead atoms. The van der Waals surface area contributed by atoms with Gasteiger partial charge in [-0.25, -0.2) is 0 Å². The van der Waals surface area contributed by atoms with E-state index >= 15 is 0 Å². The molecule has 0 radical (unpaired) electrons. The van der Waals surface area contributed by atoms with Crippen LogP contribution in [0.5, 0.6) is 0 Å². The number of pyridine rings is 1. The number of carbonyl (C=O) groups is 2. The van der Waals surface area contributed by atoms with Crippen LogP contribution in [0.1, 0.15) is 23.0 Å². The summed E-state index contributed by atoms with van der Waals surface area (Å²) in [4.78, 5) is 29.0. The molecule has 1 unspecified atom stereocenters. The molecule has 7 heteroatoms. The molecule has 0 saturated carbocycles. The van der Waals surface area contributed by atoms with Gasteiger partial charge in [0.1, 0.15) is 0 Å². The fraction of sp³-hybridized carbons (Fsp3) is 0.462. The molecule has 2 N–H and O–H groups in total. The Bertz CT molecular complexity index is 468. The van der Waals surface area contributed by atoms with Crippen LogP contribution in [-0.2, 0) is 16.1 Å². The number of rotatable bonds is 5. The first-order valence-corrected chi connectivity index (χ1v) is 5.97. The van der Waals surface area contributed by atoms with Crippen molar-refractivity contribution in [3.63, 3.8) is 0 Å². The van der Waals surface area contributed by atoms with Crippen molar-refractivity contribution in [2.75, 3.05) is 20.7 Å². The highest BCUT2D eigenvalue weighted by molar-refractivity contribution is 5.94. The topological polar surface area (TPSA) is 85.5 Å². The zero-order valence-electron chi connectivity index (χ0n) is 11.8. The van der Waals surface area contributed by atoms with E-state index in [4.69, 9.17) is 5.73 Å². The van der Waals surface area contributed by atoms with E-state index < -0.39 is 0 Å². The van der Waals surface area contributed by atoms with Crippen molar-refractivity contribution < 1.29 is 14.3 Å². The van der Waals surface area contributed by atoms with Gasteiger partial charge in [0.15, 0.2) is 0 Å². The third-order valence-electron chi connectivity index (χ3n) is 2.77. The minimum absolute atomic E-state index is 0. The van der Waals surface area contributed by atoms with Crippen LogP contribution in [0.15, 0.2) is 18.3 Å². The smallest absolute Gasteiger partial charge is 0.310 e. The van der Waals surface area contributed by atoms with E-state index in [1.165, 1.54) is 12.0 Å². The van der Waals surface area contributed by atoms with Crippen molar-refractivity contribution in [3.05, 3.63) is 29.6 Å². The molecule has 1 aromatic rings. The predicted octanol–water partition coefficient (Wildman–Crippen LogP) is 0.843. The summed E-state index contributed by atoms with van der Waals surface area (Å²) < 4.78 is 4.63. The molecule has 1 heterocycles. The van der Waals surface area contributed by atoms with E-state index in [-0.39, 0.29) is 36.7 Å². The van der Waals surface area contributed by atoms with E-state index in [2.05, 4.69) is 9.72 Å². The second-order valence-electron chi connectivity index (χ2n) is 4.35. The number of aromatic nitrogens is 1. The zero-order valence-corrected chi connectivity index (χ0v) is 12.6. The van der Waals surface area contributed by atoms with Gasteiger partial charge in [0, 0.05) is 31.9 Å². The summed E-state index contributed by atoms with van der Waals surface area (Å²) in [5.74, 6) is -0.875. The molecule has 6 nitrogen and oxygen atoms in total. The number of amides is 1. The van der Waals surface area contributed by atoms with Crippen LogP contribution in [0.2, 0.25) is 0 Å². The Labute approximate surface area is 124 Å². The summed E-state index contributed by atoms with van der Waals surface area (Å²) in [6, 6.07) is 3.28. The van der Waals surface area contributed by atoms with E-state index in [1.807, 2.05) is 0 Å². The Kier molecular flexibility index (Phi) is 7.79. The maximum atomic E-state index is 12.2. The van der Waals surface area contributed by atoms with Crippen LogP contribution in [0.25, 0.3) is 0 Å². The van der Waals surface area contributed by atoms with Gasteiger partial charge in [-0.1, -0.05) is 6.92 Å². The van der Waals surface area contributed by atoms with Gasteiger partial charge >= 0.3 is 5.97 Å². The Morgan fingerprint density at radius 2 is 2.15 bits per heavy atom. The first kappa shape index (κ1) is 18.3. The molecule has 0 saturated heterocycles. The first-order chi connectivity index (χ1) is 8.99. The number of nitrogens with two attached hydrogens (primary N) is 1.